The third kappa shape index (κ3) is 2.64. The van der Waals surface area contributed by atoms with E-state index in [1.54, 1.807) is 24.1 Å². The summed E-state index contributed by atoms with van der Waals surface area (Å²) < 4.78 is 5.40. The van der Waals surface area contributed by atoms with Gasteiger partial charge in [0.25, 0.3) is 11.8 Å². The Balaban J connectivity index is 1.65. The van der Waals surface area contributed by atoms with Crippen molar-refractivity contribution >= 4 is 23.2 Å². The summed E-state index contributed by atoms with van der Waals surface area (Å²) in [4.78, 5) is 28.6. The average Bonchev–Trinajstić information content (AvgIpc) is 3.05. The molecule has 2 N–H and O–H groups in total. The van der Waals surface area contributed by atoms with Crippen molar-refractivity contribution in [1.29, 1.82) is 0 Å². The van der Waals surface area contributed by atoms with E-state index in [1.165, 1.54) is 0 Å². The summed E-state index contributed by atoms with van der Waals surface area (Å²) in [5, 5.41) is 6.32. The third-order valence-electron chi connectivity index (χ3n) is 5.78. The minimum absolute atomic E-state index is 0.175. The first-order valence-electron chi connectivity index (χ1n) is 9.86. The lowest BCUT2D eigenvalue weighted by Crippen LogP contribution is -2.61. The molecule has 0 fully saturated rings. The maximum Gasteiger partial charge on any atom is 0.276 e. The first-order valence-corrected chi connectivity index (χ1v) is 9.86. The number of hydrogen-bond donors (Lipinski definition) is 2. The molecule has 5 rings (SSSR count). The number of fused-ring (bicyclic) bond motifs is 3. The van der Waals surface area contributed by atoms with E-state index >= 15 is 0 Å². The molecule has 1 atom stereocenters. The van der Waals surface area contributed by atoms with Gasteiger partial charge in [0.15, 0.2) is 0 Å². The van der Waals surface area contributed by atoms with Crippen LogP contribution in [0.5, 0.6) is 5.75 Å². The summed E-state index contributed by atoms with van der Waals surface area (Å²) in [7, 11) is 1.58. The number of rotatable bonds is 4. The molecular formula is C24H21N3O3. The third-order valence-corrected chi connectivity index (χ3v) is 5.78. The molecule has 6 heteroatoms. The number of methoxy groups -OCH3 is 1. The zero-order valence-corrected chi connectivity index (χ0v) is 16.5. The topological polar surface area (TPSA) is 70.7 Å². The van der Waals surface area contributed by atoms with Gasteiger partial charge in [0.1, 0.15) is 5.75 Å². The number of amides is 2. The Morgan fingerprint density at radius 2 is 1.70 bits per heavy atom. The van der Waals surface area contributed by atoms with Crippen molar-refractivity contribution in [2.45, 2.75) is 12.1 Å². The number of benzene rings is 3. The number of anilines is 2. The summed E-state index contributed by atoms with van der Waals surface area (Å²) in [6, 6.07) is 22.7. The summed E-state index contributed by atoms with van der Waals surface area (Å²) in [6.07, 6.45) is 0.630. The molecule has 150 valence electrons. The highest BCUT2D eigenvalue weighted by molar-refractivity contribution is 6.14. The number of ether oxygens (including phenoxy) is 1. The van der Waals surface area contributed by atoms with E-state index in [2.05, 4.69) is 10.6 Å². The second-order valence-corrected chi connectivity index (χ2v) is 7.44. The van der Waals surface area contributed by atoms with Crippen molar-refractivity contribution in [3.63, 3.8) is 0 Å². The second kappa shape index (κ2) is 6.91. The summed E-state index contributed by atoms with van der Waals surface area (Å²) in [5.41, 5.74) is 2.32. The second-order valence-electron chi connectivity index (χ2n) is 7.44. The van der Waals surface area contributed by atoms with Gasteiger partial charge in [0.2, 0.25) is 5.66 Å². The van der Waals surface area contributed by atoms with Crippen LogP contribution in [0.4, 0.5) is 11.4 Å². The SMILES string of the molecule is COc1ccc2c(c1)[C@@]1(Nc3ccccc3C(=O)N1CCc1ccccc1)C(=O)N2. The standard InChI is InChI=1S/C24H21N3O3/c1-30-17-11-12-21-19(15-17)24(23(29)25-21)26-20-10-6-5-9-18(20)22(28)27(24)14-13-16-7-3-2-4-8-16/h2-12,15,26H,13-14H2,1H3,(H,25,29)/t24-/m0/s1. The minimum Gasteiger partial charge on any atom is -0.497 e. The minimum atomic E-state index is -1.33. The molecule has 0 saturated carbocycles. The molecule has 3 aromatic rings. The molecule has 30 heavy (non-hydrogen) atoms. The van der Waals surface area contributed by atoms with Gasteiger partial charge in [0.05, 0.1) is 12.7 Å². The van der Waals surface area contributed by atoms with E-state index < -0.39 is 5.66 Å². The molecule has 6 nitrogen and oxygen atoms in total. The van der Waals surface area contributed by atoms with Crippen LogP contribution in [0.25, 0.3) is 0 Å². The van der Waals surface area contributed by atoms with E-state index in [1.807, 2.05) is 60.7 Å². The van der Waals surface area contributed by atoms with E-state index in [0.717, 1.165) is 5.56 Å². The molecule has 0 bridgehead atoms. The number of para-hydroxylation sites is 1. The Bertz CT molecular complexity index is 1150. The van der Waals surface area contributed by atoms with Gasteiger partial charge >= 0.3 is 0 Å². The van der Waals surface area contributed by atoms with Crippen LogP contribution < -0.4 is 15.4 Å². The van der Waals surface area contributed by atoms with Gasteiger partial charge in [-0.05, 0) is 42.3 Å². The van der Waals surface area contributed by atoms with Crippen molar-refractivity contribution in [2.75, 3.05) is 24.3 Å². The first kappa shape index (κ1) is 18.2. The van der Waals surface area contributed by atoms with Crippen LogP contribution in [0.1, 0.15) is 21.5 Å². The highest BCUT2D eigenvalue weighted by Gasteiger charge is 2.56. The van der Waals surface area contributed by atoms with Crippen LogP contribution in [0, 0.1) is 0 Å². The molecule has 0 saturated heterocycles. The quantitative estimate of drug-likeness (QED) is 0.703. The Kier molecular flexibility index (Phi) is 4.20. The molecule has 2 aliphatic rings. The first-order chi connectivity index (χ1) is 14.6. The van der Waals surface area contributed by atoms with Crippen molar-refractivity contribution in [3.05, 3.63) is 89.5 Å². The zero-order chi connectivity index (χ0) is 20.7. The monoisotopic (exact) mass is 399 g/mol. The molecule has 0 aromatic heterocycles. The van der Waals surface area contributed by atoms with Crippen LogP contribution in [-0.4, -0.2) is 30.4 Å². The van der Waals surface area contributed by atoms with Gasteiger partial charge < -0.3 is 20.3 Å². The number of nitrogens with zero attached hydrogens (tertiary/aromatic N) is 1. The van der Waals surface area contributed by atoms with Gasteiger partial charge in [0, 0.05) is 23.5 Å². The lowest BCUT2D eigenvalue weighted by atomic mass is 9.92. The average molecular weight is 399 g/mol. The number of carbonyl (C=O) groups is 2. The van der Waals surface area contributed by atoms with E-state index in [-0.39, 0.29) is 11.8 Å². The normalized spacial score (nSPS) is 19.2. The van der Waals surface area contributed by atoms with Crippen molar-refractivity contribution in [3.8, 4) is 5.75 Å². The zero-order valence-electron chi connectivity index (χ0n) is 16.5. The Morgan fingerprint density at radius 1 is 0.933 bits per heavy atom. The molecule has 0 radical (unpaired) electrons. The highest BCUT2D eigenvalue weighted by atomic mass is 16.5. The highest BCUT2D eigenvalue weighted by Crippen LogP contribution is 2.46. The number of carbonyl (C=O) groups excluding carboxylic acids is 2. The Hall–Kier alpha value is -3.80. The van der Waals surface area contributed by atoms with Crippen molar-refractivity contribution in [1.82, 2.24) is 4.90 Å². The van der Waals surface area contributed by atoms with Gasteiger partial charge in [-0.25, -0.2) is 0 Å². The van der Waals surface area contributed by atoms with Crippen LogP contribution >= 0.6 is 0 Å². The van der Waals surface area contributed by atoms with Gasteiger partial charge in [-0.3, -0.25) is 9.59 Å². The lowest BCUT2D eigenvalue weighted by Gasteiger charge is -2.44. The summed E-state index contributed by atoms with van der Waals surface area (Å²) >= 11 is 0. The summed E-state index contributed by atoms with van der Waals surface area (Å²) in [5.74, 6) is 0.175. The number of hydrogen-bond acceptors (Lipinski definition) is 4. The van der Waals surface area contributed by atoms with Gasteiger partial charge in [-0.15, -0.1) is 0 Å². The van der Waals surface area contributed by atoms with Crippen LogP contribution in [-0.2, 0) is 16.9 Å². The fraction of sp³-hybridized carbons (Fsp3) is 0.167. The molecular weight excluding hydrogens is 378 g/mol. The molecule has 3 aromatic carbocycles. The molecule has 0 aliphatic carbocycles. The molecule has 2 heterocycles. The summed E-state index contributed by atoms with van der Waals surface area (Å²) in [6.45, 7) is 0.383. The fourth-order valence-corrected chi connectivity index (χ4v) is 4.28. The molecule has 2 aliphatic heterocycles. The fourth-order valence-electron chi connectivity index (χ4n) is 4.28. The predicted molar refractivity (Wildman–Crippen MR) is 115 cm³/mol. The molecule has 1 spiro atoms. The molecule has 2 amide bonds. The lowest BCUT2D eigenvalue weighted by molar-refractivity contribution is -0.125. The van der Waals surface area contributed by atoms with Crippen LogP contribution in [0.2, 0.25) is 0 Å². The van der Waals surface area contributed by atoms with Crippen LogP contribution in [0.3, 0.4) is 0 Å². The van der Waals surface area contributed by atoms with Gasteiger partial charge in [-0.2, -0.15) is 0 Å². The van der Waals surface area contributed by atoms with Crippen LogP contribution in [0.15, 0.2) is 72.8 Å². The van der Waals surface area contributed by atoms with Crippen molar-refractivity contribution in [2.24, 2.45) is 0 Å². The van der Waals surface area contributed by atoms with Gasteiger partial charge in [-0.1, -0.05) is 42.5 Å². The Labute approximate surface area is 174 Å². The largest absolute Gasteiger partial charge is 0.497 e. The Morgan fingerprint density at radius 3 is 2.50 bits per heavy atom. The smallest absolute Gasteiger partial charge is 0.276 e. The van der Waals surface area contributed by atoms with E-state index in [9.17, 15) is 9.59 Å². The van der Waals surface area contributed by atoms with E-state index in [0.29, 0.717) is 41.2 Å². The maximum atomic E-state index is 13.6. The van der Waals surface area contributed by atoms with E-state index in [4.69, 9.17) is 4.74 Å². The molecule has 0 unspecified atom stereocenters. The van der Waals surface area contributed by atoms with Crippen molar-refractivity contribution < 1.29 is 14.3 Å². The predicted octanol–water partition coefficient (Wildman–Crippen LogP) is 3.61. The maximum absolute atomic E-state index is 13.6. The number of nitrogens with one attached hydrogen (secondary N) is 2.